The molecule has 1 saturated heterocycles. The molecule has 0 amide bonds. The van der Waals surface area contributed by atoms with E-state index in [9.17, 15) is 12.8 Å². The minimum Gasteiger partial charge on any atom is -0.351 e. The lowest BCUT2D eigenvalue weighted by atomic mass is 10.2. The fourth-order valence-electron chi connectivity index (χ4n) is 2.31. The van der Waals surface area contributed by atoms with Crippen molar-refractivity contribution >= 4 is 27.3 Å². The predicted octanol–water partition coefficient (Wildman–Crippen LogP) is 1.47. The third kappa shape index (κ3) is 3.45. The summed E-state index contributed by atoms with van der Waals surface area (Å²) >= 11 is 1.59. The summed E-state index contributed by atoms with van der Waals surface area (Å²) in [5.74, 6) is 0.929. The molecule has 4 nitrogen and oxygen atoms in total. The SMILES string of the molecule is CNCc1ccc(N2CCSCC2S(C)(=O)=O)c(F)c1. The van der Waals surface area contributed by atoms with E-state index in [4.69, 9.17) is 0 Å². The van der Waals surface area contributed by atoms with E-state index in [1.165, 1.54) is 12.3 Å². The Kier molecular flexibility index (Phi) is 4.93. The zero-order valence-corrected chi connectivity index (χ0v) is 13.2. The molecule has 0 spiro atoms. The highest BCUT2D eigenvalue weighted by Crippen LogP contribution is 2.29. The van der Waals surface area contributed by atoms with E-state index in [1.807, 2.05) is 6.07 Å². The number of nitrogens with one attached hydrogen (secondary N) is 1. The lowest BCUT2D eigenvalue weighted by molar-refractivity contribution is 0.578. The number of hydrogen-bond acceptors (Lipinski definition) is 5. The largest absolute Gasteiger partial charge is 0.351 e. The molecule has 0 saturated carbocycles. The first-order valence-corrected chi connectivity index (χ1v) is 9.50. The van der Waals surface area contributed by atoms with Crippen LogP contribution in [0.15, 0.2) is 18.2 Å². The molecule has 20 heavy (non-hydrogen) atoms. The Morgan fingerprint density at radius 1 is 1.50 bits per heavy atom. The summed E-state index contributed by atoms with van der Waals surface area (Å²) in [6.07, 6.45) is 1.21. The van der Waals surface area contributed by atoms with Gasteiger partial charge in [-0.25, -0.2) is 12.8 Å². The summed E-state index contributed by atoms with van der Waals surface area (Å²) in [6.45, 7) is 1.13. The van der Waals surface area contributed by atoms with Gasteiger partial charge >= 0.3 is 0 Å². The van der Waals surface area contributed by atoms with Crippen LogP contribution in [0.4, 0.5) is 10.1 Å². The maximum atomic E-state index is 14.2. The molecule has 112 valence electrons. The van der Waals surface area contributed by atoms with Gasteiger partial charge in [0, 0.05) is 30.9 Å². The van der Waals surface area contributed by atoms with Gasteiger partial charge < -0.3 is 10.2 Å². The first-order chi connectivity index (χ1) is 9.43. The van der Waals surface area contributed by atoms with Gasteiger partial charge in [0.1, 0.15) is 11.2 Å². The Bertz CT molecular complexity index is 578. The van der Waals surface area contributed by atoms with Crippen LogP contribution in [-0.4, -0.2) is 45.1 Å². The van der Waals surface area contributed by atoms with Gasteiger partial charge in [-0.05, 0) is 24.7 Å². The quantitative estimate of drug-likeness (QED) is 0.911. The first-order valence-electron chi connectivity index (χ1n) is 6.40. The Balaban J connectivity index is 2.33. The van der Waals surface area contributed by atoms with E-state index in [2.05, 4.69) is 5.32 Å². The number of hydrogen-bond donors (Lipinski definition) is 1. The molecule has 0 aromatic heterocycles. The fourth-order valence-corrected chi connectivity index (χ4v) is 5.14. The van der Waals surface area contributed by atoms with Crippen molar-refractivity contribution in [2.75, 3.05) is 36.3 Å². The zero-order valence-electron chi connectivity index (χ0n) is 11.6. The van der Waals surface area contributed by atoms with E-state index in [0.717, 1.165) is 11.3 Å². The van der Waals surface area contributed by atoms with E-state index in [-0.39, 0.29) is 5.82 Å². The van der Waals surface area contributed by atoms with E-state index in [0.29, 0.717) is 24.5 Å². The second kappa shape index (κ2) is 6.32. The van der Waals surface area contributed by atoms with Gasteiger partial charge in [0.25, 0.3) is 0 Å². The summed E-state index contributed by atoms with van der Waals surface area (Å²) in [4.78, 5) is 1.67. The number of anilines is 1. The summed E-state index contributed by atoms with van der Waals surface area (Å²) in [5.41, 5.74) is 1.22. The van der Waals surface area contributed by atoms with Crippen molar-refractivity contribution in [3.8, 4) is 0 Å². The van der Waals surface area contributed by atoms with E-state index >= 15 is 0 Å². The molecule has 0 radical (unpaired) electrons. The Morgan fingerprint density at radius 2 is 2.25 bits per heavy atom. The van der Waals surface area contributed by atoms with Crippen LogP contribution in [-0.2, 0) is 16.4 Å². The number of nitrogens with zero attached hydrogens (tertiary/aromatic N) is 1. The maximum Gasteiger partial charge on any atom is 0.169 e. The minimum absolute atomic E-state index is 0.363. The van der Waals surface area contributed by atoms with E-state index < -0.39 is 15.2 Å². The molecule has 1 fully saturated rings. The normalized spacial score (nSPS) is 20.1. The number of benzene rings is 1. The third-order valence-electron chi connectivity index (χ3n) is 3.28. The molecule has 1 aromatic carbocycles. The van der Waals surface area contributed by atoms with Crippen LogP contribution in [0.3, 0.4) is 0 Å². The predicted molar refractivity (Wildman–Crippen MR) is 82.5 cm³/mol. The van der Waals surface area contributed by atoms with Gasteiger partial charge in [-0.2, -0.15) is 11.8 Å². The van der Waals surface area contributed by atoms with Crippen molar-refractivity contribution in [3.05, 3.63) is 29.6 Å². The average Bonchev–Trinajstić information content (AvgIpc) is 2.38. The molecule has 1 aliphatic heterocycles. The van der Waals surface area contributed by atoms with Crippen LogP contribution in [0.25, 0.3) is 0 Å². The molecule has 1 N–H and O–H groups in total. The smallest absolute Gasteiger partial charge is 0.169 e. The molecular weight excluding hydrogens is 299 g/mol. The van der Waals surface area contributed by atoms with Crippen molar-refractivity contribution < 1.29 is 12.8 Å². The third-order valence-corrected chi connectivity index (χ3v) is 5.92. The van der Waals surface area contributed by atoms with Gasteiger partial charge in [0.05, 0.1) is 5.69 Å². The molecule has 1 aliphatic rings. The second-order valence-corrected chi connectivity index (χ2v) is 8.22. The molecule has 0 aliphatic carbocycles. The molecule has 1 atom stereocenters. The van der Waals surface area contributed by atoms with Crippen molar-refractivity contribution in [2.45, 2.75) is 11.9 Å². The Labute approximate surface area is 123 Å². The highest BCUT2D eigenvalue weighted by Gasteiger charge is 2.32. The van der Waals surface area contributed by atoms with E-state index in [1.54, 1.807) is 29.8 Å². The fraction of sp³-hybridized carbons (Fsp3) is 0.538. The van der Waals surface area contributed by atoms with Crippen LogP contribution in [0.5, 0.6) is 0 Å². The first kappa shape index (κ1) is 15.6. The van der Waals surface area contributed by atoms with Gasteiger partial charge in [0.15, 0.2) is 9.84 Å². The lowest BCUT2D eigenvalue weighted by Crippen LogP contribution is -2.47. The van der Waals surface area contributed by atoms with Gasteiger partial charge in [-0.1, -0.05) is 6.07 Å². The highest BCUT2D eigenvalue weighted by atomic mass is 32.2. The van der Waals surface area contributed by atoms with Crippen molar-refractivity contribution in [3.63, 3.8) is 0 Å². The number of rotatable bonds is 4. The molecule has 1 unspecified atom stereocenters. The Hall–Kier alpha value is -0.790. The number of sulfone groups is 1. The minimum atomic E-state index is -3.23. The molecule has 1 heterocycles. The van der Waals surface area contributed by atoms with Crippen LogP contribution in [0.2, 0.25) is 0 Å². The second-order valence-electron chi connectivity index (χ2n) is 4.87. The molecule has 1 aromatic rings. The molecule has 2 rings (SSSR count). The molecule has 7 heteroatoms. The number of thioether (sulfide) groups is 1. The van der Waals surface area contributed by atoms with Gasteiger partial charge in [-0.3, -0.25) is 0 Å². The number of halogens is 1. The van der Waals surface area contributed by atoms with Gasteiger partial charge in [0.2, 0.25) is 0 Å². The van der Waals surface area contributed by atoms with Crippen LogP contribution in [0, 0.1) is 5.82 Å². The summed E-state index contributed by atoms with van der Waals surface area (Å²) < 4.78 is 38.0. The maximum absolute atomic E-state index is 14.2. The topological polar surface area (TPSA) is 49.4 Å². The lowest BCUT2D eigenvalue weighted by Gasteiger charge is -2.36. The standard InChI is InChI=1S/C13H19FN2O2S2/c1-15-8-10-3-4-12(11(14)7-10)16-5-6-19-9-13(16)20(2,17)18/h3-4,7,13,15H,5-6,8-9H2,1-2H3. The summed E-state index contributed by atoms with van der Waals surface area (Å²) in [6, 6.07) is 4.97. The summed E-state index contributed by atoms with van der Waals surface area (Å²) in [5, 5.41) is 2.32. The molecular formula is C13H19FN2O2S2. The zero-order chi connectivity index (χ0) is 14.8. The van der Waals surface area contributed by atoms with Gasteiger partial charge in [-0.15, -0.1) is 0 Å². The highest BCUT2D eigenvalue weighted by molar-refractivity contribution is 8.01. The van der Waals surface area contributed by atoms with Crippen molar-refractivity contribution in [1.82, 2.24) is 5.32 Å². The van der Waals surface area contributed by atoms with Crippen LogP contribution in [0.1, 0.15) is 5.56 Å². The average molecular weight is 318 g/mol. The van der Waals surface area contributed by atoms with Crippen molar-refractivity contribution in [2.24, 2.45) is 0 Å². The van der Waals surface area contributed by atoms with Crippen LogP contribution < -0.4 is 10.2 Å². The summed E-state index contributed by atoms with van der Waals surface area (Å²) in [7, 11) is -1.44. The Morgan fingerprint density at radius 3 is 2.85 bits per heavy atom. The van der Waals surface area contributed by atoms with Crippen LogP contribution >= 0.6 is 11.8 Å². The molecule has 0 bridgehead atoms. The van der Waals surface area contributed by atoms with Crippen molar-refractivity contribution in [1.29, 1.82) is 0 Å². The monoisotopic (exact) mass is 318 g/mol.